The number of imidazole rings is 1. The van der Waals surface area contributed by atoms with Crippen LogP contribution in [0.5, 0.6) is 0 Å². The predicted octanol–water partition coefficient (Wildman–Crippen LogP) is -4.02. The maximum atomic E-state index is 11.3. The van der Waals surface area contributed by atoms with Crippen LogP contribution in [0.25, 0.3) is 11.2 Å². The van der Waals surface area contributed by atoms with E-state index in [4.69, 9.17) is 10.5 Å². The van der Waals surface area contributed by atoms with E-state index in [2.05, 4.69) is 23.8 Å². The molecule has 2 aromatic heterocycles. The summed E-state index contributed by atoms with van der Waals surface area (Å²) in [5.74, 6) is 0.0655. The first-order valence-electron chi connectivity index (χ1n) is 7.12. The summed E-state index contributed by atoms with van der Waals surface area (Å²) < 4.78 is 35.7. The van der Waals surface area contributed by atoms with E-state index in [1.807, 2.05) is 0 Å². The largest absolute Gasteiger partial charge is 2.00 e. The van der Waals surface area contributed by atoms with Gasteiger partial charge in [-0.05, 0) is 0 Å². The Hall–Kier alpha value is -0.744. The third kappa shape index (κ3) is 5.05. The number of aliphatic hydroxyl groups excluding tert-OH is 2. The molecule has 28 heavy (non-hydrogen) atoms. The molecular weight excluding hydrogens is 436 g/mol. The first kappa shape index (κ1) is 23.5. The maximum Gasteiger partial charge on any atom is 2.00 e. The van der Waals surface area contributed by atoms with Crippen LogP contribution in [-0.2, 0) is 22.7 Å². The van der Waals surface area contributed by atoms with E-state index < -0.39 is 46.8 Å². The van der Waals surface area contributed by atoms with E-state index in [1.54, 1.807) is 0 Å². The topological polar surface area (TPSA) is 241 Å². The van der Waals surface area contributed by atoms with Crippen LogP contribution in [0, 0.1) is 0 Å². The number of nitrogens with zero attached hydrogens (tertiary/aromatic N) is 4. The van der Waals surface area contributed by atoms with Crippen molar-refractivity contribution in [1.82, 2.24) is 19.5 Å². The molecule has 3 rings (SSSR count). The molecule has 3 heterocycles. The molecule has 1 saturated heterocycles. The number of anilines is 1. The van der Waals surface area contributed by atoms with Crippen LogP contribution in [0.2, 0.25) is 0 Å². The molecule has 0 bridgehead atoms. The summed E-state index contributed by atoms with van der Waals surface area (Å²) in [6.07, 6.45) is -3.48. The van der Waals surface area contributed by atoms with E-state index in [-0.39, 0.29) is 40.0 Å². The summed E-state index contributed by atoms with van der Waals surface area (Å²) in [4.78, 5) is 43.7. The van der Waals surface area contributed by atoms with Gasteiger partial charge in [0.25, 0.3) is 7.82 Å². The molecule has 1 unspecified atom stereocenters. The van der Waals surface area contributed by atoms with Gasteiger partial charge in [-0.25, -0.2) is 15.0 Å². The average Bonchev–Trinajstić information content (AvgIpc) is 3.07. The summed E-state index contributed by atoms with van der Waals surface area (Å²) in [6.45, 7) is -0.931. The van der Waals surface area contributed by atoms with E-state index >= 15 is 0 Å². The maximum absolute atomic E-state index is 11.3. The van der Waals surface area contributed by atoms with Crippen LogP contribution in [0.1, 0.15) is 6.23 Å². The summed E-state index contributed by atoms with van der Waals surface area (Å²) in [6, 6.07) is 0. The van der Waals surface area contributed by atoms with Gasteiger partial charge in [-0.2, -0.15) is 0 Å². The summed E-state index contributed by atoms with van der Waals surface area (Å²) in [5.41, 5.74) is 6.04. The molecule has 1 fully saturated rings. The number of aliphatic hydroxyl groups is 2. The zero-order chi connectivity index (χ0) is 20.0. The second-order valence-corrected chi connectivity index (χ2v) is 8.10. The monoisotopic (exact) mass is 448 g/mol. The van der Waals surface area contributed by atoms with Crippen molar-refractivity contribution in [2.24, 2.45) is 0 Å². The van der Waals surface area contributed by atoms with Crippen molar-refractivity contribution in [3.63, 3.8) is 0 Å². The molecule has 2 aromatic rings. The Kier molecular flexibility index (Phi) is 7.19. The molecule has 0 spiro atoms. The van der Waals surface area contributed by atoms with Crippen molar-refractivity contribution in [3.05, 3.63) is 12.7 Å². The van der Waals surface area contributed by atoms with Crippen molar-refractivity contribution < 1.29 is 47.6 Å². The van der Waals surface area contributed by atoms with Crippen LogP contribution in [-0.4, -0.2) is 77.7 Å². The first-order valence-corrected chi connectivity index (χ1v) is 10.0. The first-order chi connectivity index (χ1) is 12.5. The molecule has 1 aliphatic heterocycles. The van der Waals surface area contributed by atoms with E-state index in [0.717, 1.165) is 6.33 Å². The van der Waals surface area contributed by atoms with Crippen molar-refractivity contribution in [2.45, 2.75) is 24.5 Å². The van der Waals surface area contributed by atoms with Crippen molar-refractivity contribution in [1.29, 1.82) is 0 Å². The standard InChI is InChI=1S/C10H15N5O10P2.Mg/c11-8-5-9(13-2-12-8)15(3-14-5)10-7(17)6(16)4(24-10)1-23-27(21,22)25-26(18,19)20;/h2-4,6-7,10,16-17H,1H2,(H,21,22)(H2,11,12,13)(H2,18,19,20);/q;+2/p-3/t4-,6-,7-,10-;/m1./s1. The predicted molar refractivity (Wildman–Crippen MR) is 83.7 cm³/mol. The third-order valence-electron chi connectivity index (χ3n) is 3.60. The molecule has 15 nitrogen and oxygen atoms in total. The number of phosphoric ester groups is 1. The molecule has 0 saturated carbocycles. The molecule has 5 atom stereocenters. The second-order valence-electron chi connectivity index (χ2n) is 5.40. The van der Waals surface area contributed by atoms with Gasteiger partial charge in [0.15, 0.2) is 17.7 Å². The Morgan fingerprint density at radius 2 is 1.89 bits per heavy atom. The number of rotatable bonds is 6. The Labute approximate surface area is 172 Å². The minimum atomic E-state index is -5.85. The Morgan fingerprint density at radius 3 is 2.54 bits per heavy atom. The number of nitrogen functional groups attached to an aromatic ring is 1. The third-order valence-corrected chi connectivity index (χ3v) is 5.66. The Morgan fingerprint density at radius 1 is 1.21 bits per heavy atom. The quantitative estimate of drug-likeness (QED) is 0.281. The van der Waals surface area contributed by atoms with Gasteiger partial charge in [0, 0.05) is 0 Å². The number of fused-ring (bicyclic) bond motifs is 1. The Balaban J connectivity index is 0.00000280. The molecule has 0 amide bonds. The zero-order valence-electron chi connectivity index (χ0n) is 13.8. The van der Waals surface area contributed by atoms with Gasteiger partial charge < -0.3 is 44.5 Å². The number of hydrogen-bond donors (Lipinski definition) is 3. The van der Waals surface area contributed by atoms with Gasteiger partial charge in [0.1, 0.15) is 30.2 Å². The average molecular weight is 448 g/mol. The van der Waals surface area contributed by atoms with E-state index in [0.29, 0.717) is 0 Å². The molecule has 4 N–H and O–H groups in total. The van der Waals surface area contributed by atoms with Crippen molar-refractivity contribution >= 4 is 55.7 Å². The molecular formula is C10H12MgN5O10P2-. The zero-order valence-corrected chi connectivity index (χ0v) is 17.0. The fourth-order valence-electron chi connectivity index (χ4n) is 2.46. The number of ether oxygens (including phenoxy) is 1. The van der Waals surface area contributed by atoms with Crippen molar-refractivity contribution in [2.75, 3.05) is 12.3 Å². The summed E-state index contributed by atoms with van der Waals surface area (Å²) in [7, 11) is -11.4. The van der Waals surface area contributed by atoms with Crippen LogP contribution in [0.3, 0.4) is 0 Å². The van der Waals surface area contributed by atoms with Gasteiger partial charge in [-0.3, -0.25) is 13.4 Å². The molecule has 0 aromatic carbocycles. The number of phosphoric acid groups is 2. The molecule has 150 valence electrons. The summed E-state index contributed by atoms with van der Waals surface area (Å²) in [5, 5.41) is 20.2. The van der Waals surface area contributed by atoms with Gasteiger partial charge in [0.2, 0.25) is 0 Å². The van der Waals surface area contributed by atoms with Crippen LogP contribution in [0.4, 0.5) is 5.82 Å². The number of aromatic nitrogens is 4. The number of hydrogen-bond acceptors (Lipinski definition) is 14. The molecule has 1 aliphatic rings. The molecule has 0 radical (unpaired) electrons. The fourth-order valence-corrected chi connectivity index (χ4v) is 3.96. The van der Waals surface area contributed by atoms with E-state index in [1.165, 1.54) is 10.9 Å². The minimum Gasteiger partial charge on any atom is -0.790 e. The van der Waals surface area contributed by atoms with Crippen LogP contribution < -0.4 is 20.4 Å². The smallest absolute Gasteiger partial charge is 0.790 e. The van der Waals surface area contributed by atoms with Gasteiger partial charge >= 0.3 is 23.1 Å². The fraction of sp³-hybridized carbons (Fsp3) is 0.500. The normalized spacial score (nSPS) is 27.5. The van der Waals surface area contributed by atoms with Gasteiger partial charge in [-0.15, -0.1) is 0 Å². The van der Waals surface area contributed by atoms with E-state index in [9.17, 15) is 34.0 Å². The van der Waals surface area contributed by atoms with Crippen molar-refractivity contribution in [3.8, 4) is 0 Å². The van der Waals surface area contributed by atoms with Gasteiger partial charge in [0.05, 0.1) is 20.8 Å². The second kappa shape index (κ2) is 8.55. The number of nitrogens with two attached hydrogens (primary N) is 1. The Bertz CT molecular complexity index is 938. The molecule has 0 aliphatic carbocycles. The molecule has 18 heteroatoms. The SMILES string of the molecule is Nc1ncnc2c1ncn2[C@@H]1O[C@H](COP(=O)([O-])OP(=O)([O-])[O-])[C@@H](O)[C@H]1O.[Mg+2]. The minimum absolute atomic E-state index is 0. The van der Waals surface area contributed by atoms with Crippen LogP contribution in [0.15, 0.2) is 12.7 Å². The summed E-state index contributed by atoms with van der Waals surface area (Å²) >= 11 is 0. The van der Waals surface area contributed by atoms with Gasteiger partial charge in [-0.1, -0.05) is 0 Å². The van der Waals surface area contributed by atoms with Crippen LogP contribution >= 0.6 is 15.6 Å².